The molecule has 1 atom stereocenters. The molecule has 0 aliphatic carbocycles. The number of nitrogens with zero attached hydrogens (tertiary/aromatic N) is 5. The van der Waals surface area contributed by atoms with E-state index in [4.69, 9.17) is 4.99 Å². The number of piperazine rings is 2. The van der Waals surface area contributed by atoms with E-state index in [1.807, 2.05) is 4.90 Å². The van der Waals surface area contributed by atoms with Crippen molar-refractivity contribution < 1.29 is 4.79 Å². The second-order valence-electron chi connectivity index (χ2n) is 8.31. The van der Waals surface area contributed by atoms with E-state index in [2.05, 4.69) is 64.3 Å². The third-order valence-electron chi connectivity index (χ3n) is 6.10. The quantitative estimate of drug-likeness (QED) is 0.259. The summed E-state index contributed by atoms with van der Waals surface area (Å²) >= 11 is 0. The molecule has 0 spiro atoms. The van der Waals surface area contributed by atoms with Gasteiger partial charge in [0, 0.05) is 78.4 Å². The summed E-state index contributed by atoms with van der Waals surface area (Å²) in [7, 11) is 2.21. The van der Waals surface area contributed by atoms with E-state index in [9.17, 15) is 4.79 Å². The fourth-order valence-corrected chi connectivity index (χ4v) is 4.33. The molecule has 3 rings (SSSR count). The van der Waals surface area contributed by atoms with Gasteiger partial charge in [0.05, 0.1) is 0 Å². The largest absolute Gasteiger partial charge is 0.357 e. The molecule has 1 aromatic carbocycles. The molecule has 174 valence electrons. The molecule has 1 unspecified atom stereocenters. The Balaban J connectivity index is 0.00000341. The van der Waals surface area contributed by atoms with E-state index >= 15 is 0 Å². The maximum Gasteiger partial charge on any atom is 0.219 e. The van der Waals surface area contributed by atoms with Crippen molar-refractivity contribution in [2.75, 3.05) is 72.5 Å². The van der Waals surface area contributed by atoms with Gasteiger partial charge in [0.1, 0.15) is 0 Å². The number of hydrogen-bond donors (Lipinski definition) is 1. The Morgan fingerprint density at radius 2 is 1.74 bits per heavy atom. The zero-order chi connectivity index (χ0) is 21.3. The molecule has 0 saturated carbocycles. The first kappa shape index (κ1) is 25.9. The van der Waals surface area contributed by atoms with Crippen LogP contribution in [-0.4, -0.2) is 104 Å². The van der Waals surface area contributed by atoms with Crippen LogP contribution in [0.2, 0.25) is 0 Å². The van der Waals surface area contributed by atoms with Crippen molar-refractivity contribution in [2.24, 2.45) is 4.99 Å². The van der Waals surface area contributed by atoms with E-state index in [1.165, 1.54) is 5.56 Å². The number of aliphatic imine (C=N–C) groups is 1. The first-order chi connectivity index (χ1) is 14.6. The summed E-state index contributed by atoms with van der Waals surface area (Å²) in [6.07, 6.45) is 1.05. The number of carbonyl (C=O) groups excluding carboxylic acids is 1. The van der Waals surface area contributed by atoms with Crippen LogP contribution in [-0.2, 0) is 4.79 Å². The first-order valence-electron chi connectivity index (χ1n) is 11.3. The molecule has 2 aliphatic rings. The zero-order valence-electron chi connectivity index (χ0n) is 19.3. The number of carbonyl (C=O) groups is 1. The van der Waals surface area contributed by atoms with Crippen molar-refractivity contribution in [3.05, 3.63) is 35.9 Å². The van der Waals surface area contributed by atoms with Gasteiger partial charge in [-0.1, -0.05) is 30.3 Å². The molecule has 0 aromatic heterocycles. The van der Waals surface area contributed by atoms with E-state index in [0.29, 0.717) is 6.04 Å². The van der Waals surface area contributed by atoms with Gasteiger partial charge in [0.2, 0.25) is 5.91 Å². The van der Waals surface area contributed by atoms with Crippen LogP contribution in [0.15, 0.2) is 35.3 Å². The Morgan fingerprint density at radius 1 is 1.06 bits per heavy atom. The van der Waals surface area contributed by atoms with Gasteiger partial charge in [0.25, 0.3) is 0 Å². The Bertz CT molecular complexity index is 693. The predicted octanol–water partition coefficient (Wildman–Crippen LogP) is 2.11. The number of guanidine groups is 1. The van der Waals surface area contributed by atoms with Crippen molar-refractivity contribution in [1.29, 1.82) is 0 Å². The number of rotatable bonds is 6. The molecule has 8 heteroatoms. The lowest BCUT2D eigenvalue weighted by Crippen LogP contribution is -2.53. The summed E-state index contributed by atoms with van der Waals surface area (Å²) in [5.41, 5.74) is 1.41. The van der Waals surface area contributed by atoms with Gasteiger partial charge in [-0.05, 0) is 26.0 Å². The molecule has 2 saturated heterocycles. The maximum absolute atomic E-state index is 11.6. The Morgan fingerprint density at radius 3 is 2.39 bits per heavy atom. The van der Waals surface area contributed by atoms with Crippen molar-refractivity contribution in [2.45, 2.75) is 26.3 Å². The molecule has 31 heavy (non-hydrogen) atoms. The van der Waals surface area contributed by atoms with Gasteiger partial charge < -0.3 is 20.0 Å². The van der Waals surface area contributed by atoms with Crippen LogP contribution in [0.3, 0.4) is 0 Å². The molecule has 2 aliphatic heterocycles. The van der Waals surface area contributed by atoms with Crippen LogP contribution in [0.5, 0.6) is 0 Å². The molecule has 0 radical (unpaired) electrons. The Labute approximate surface area is 204 Å². The lowest BCUT2D eigenvalue weighted by Gasteiger charge is -2.40. The lowest BCUT2D eigenvalue weighted by atomic mass is 10.0. The second kappa shape index (κ2) is 13.2. The van der Waals surface area contributed by atoms with E-state index in [0.717, 1.165) is 77.8 Å². The summed E-state index contributed by atoms with van der Waals surface area (Å²) in [6, 6.07) is 11.3. The Kier molecular flexibility index (Phi) is 11.0. The minimum absolute atomic E-state index is 0. The van der Waals surface area contributed by atoms with Crippen molar-refractivity contribution >= 4 is 35.8 Å². The van der Waals surface area contributed by atoms with Gasteiger partial charge in [-0.3, -0.25) is 14.7 Å². The topological polar surface area (TPSA) is 54.4 Å². The molecule has 7 nitrogen and oxygen atoms in total. The maximum atomic E-state index is 11.6. The predicted molar refractivity (Wildman–Crippen MR) is 138 cm³/mol. The minimum Gasteiger partial charge on any atom is -0.357 e. The molecular formula is C23H39IN6O. The summed E-state index contributed by atoms with van der Waals surface area (Å²) in [6.45, 7) is 13.1. The average molecular weight is 543 g/mol. The smallest absolute Gasteiger partial charge is 0.219 e. The highest BCUT2D eigenvalue weighted by Crippen LogP contribution is 2.24. The number of benzene rings is 1. The SMILES string of the molecule is CCNC(=NCCCN1CCN(C)CC1c1ccccc1)N1CCN(C(C)=O)CC1.I. The zero-order valence-corrected chi connectivity index (χ0v) is 21.6. The van der Waals surface area contributed by atoms with Crippen LogP contribution < -0.4 is 5.32 Å². The van der Waals surface area contributed by atoms with Gasteiger partial charge in [-0.25, -0.2) is 0 Å². The minimum atomic E-state index is 0. The van der Waals surface area contributed by atoms with Crippen LogP contribution in [0, 0.1) is 0 Å². The molecule has 1 N–H and O–H groups in total. The molecule has 1 amide bonds. The van der Waals surface area contributed by atoms with Gasteiger partial charge >= 0.3 is 0 Å². The van der Waals surface area contributed by atoms with Crippen molar-refractivity contribution in [1.82, 2.24) is 24.9 Å². The normalized spacial score (nSPS) is 21.0. The highest BCUT2D eigenvalue weighted by atomic mass is 127. The number of hydrogen-bond acceptors (Lipinski definition) is 4. The van der Waals surface area contributed by atoms with E-state index < -0.39 is 0 Å². The van der Waals surface area contributed by atoms with Crippen molar-refractivity contribution in [3.8, 4) is 0 Å². The van der Waals surface area contributed by atoms with Crippen LogP contribution >= 0.6 is 24.0 Å². The third kappa shape index (κ3) is 7.61. The Hall–Kier alpha value is -1.39. The number of nitrogens with one attached hydrogen (secondary N) is 1. The van der Waals surface area contributed by atoms with Crippen LogP contribution in [0.1, 0.15) is 31.9 Å². The van der Waals surface area contributed by atoms with Gasteiger partial charge in [0.15, 0.2) is 5.96 Å². The number of amides is 1. The first-order valence-corrected chi connectivity index (χ1v) is 11.3. The molecule has 2 heterocycles. The van der Waals surface area contributed by atoms with Gasteiger partial charge in [-0.2, -0.15) is 0 Å². The van der Waals surface area contributed by atoms with Crippen LogP contribution in [0.4, 0.5) is 0 Å². The number of likely N-dealkylation sites (N-methyl/N-ethyl adjacent to an activating group) is 1. The lowest BCUT2D eigenvalue weighted by molar-refractivity contribution is -0.130. The summed E-state index contributed by atoms with van der Waals surface area (Å²) < 4.78 is 0. The summed E-state index contributed by atoms with van der Waals surface area (Å²) in [5, 5.41) is 3.43. The highest BCUT2D eigenvalue weighted by molar-refractivity contribution is 14.0. The molecular weight excluding hydrogens is 503 g/mol. The number of halogens is 1. The molecule has 1 aromatic rings. The van der Waals surface area contributed by atoms with Gasteiger partial charge in [-0.15, -0.1) is 24.0 Å². The fraction of sp³-hybridized carbons (Fsp3) is 0.652. The monoisotopic (exact) mass is 542 g/mol. The molecule has 2 fully saturated rings. The van der Waals surface area contributed by atoms with Crippen molar-refractivity contribution in [3.63, 3.8) is 0 Å². The van der Waals surface area contributed by atoms with E-state index in [1.54, 1.807) is 6.92 Å². The average Bonchev–Trinajstić information content (AvgIpc) is 2.77. The standard InChI is InChI=1S/C23H38N6O.HI/c1-4-24-23(29-17-15-27(16-18-29)20(2)30)25-11-8-12-28-14-13-26(3)19-22(28)21-9-6-5-7-10-21;/h5-7,9-10,22H,4,8,11-19H2,1-3H3,(H,24,25);1H. The highest BCUT2D eigenvalue weighted by Gasteiger charge is 2.26. The van der Waals surface area contributed by atoms with Crippen LogP contribution in [0.25, 0.3) is 0 Å². The third-order valence-corrected chi connectivity index (χ3v) is 6.10. The molecule has 0 bridgehead atoms. The fourth-order valence-electron chi connectivity index (χ4n) is 4.33. The summed E-state index contributed by atoms with van der Waals surface area (Å²) in [5.74, 6) is 1.15. The van der Waals surface area contributed by atoms with E-state index in [-0.39, 0.29) is 29.9 Å². The summed E-state index contributed by atoms with van der Waals surface area (Å²) in [4.78, 5) is 25.7. The second-order valence-corrected chi connectivity index (χ2v) is 8.31.